The van der Waals surface area contributed by atoms with Crippen LogP contribution in [0, 0.1) is 11.7 Å². The molecule has 2 aliphatic heterocycles. The molecule has 112 valence electrons. The topological polar surface area (TPSA) is 26.3 Å². The first-order chi connectivity index (χ1) is 10.2. The maximum absolute atomic E-state index is 13.7. The lowest BCUT2D eigenvalue weighted by Gasteiger charge is -2.21. The van der Waals surface area contributed by atoms with Crippen molar-refractivity contribution in [2.75, 3.05) is 6.61 Å². The van der Waals surface area contributed by atoms with Crippen LogP contribution in [0.25, 0.3) is 5.57 Å². The van der Waals surface area contributed by atoms with E-state index >= 15 is 0 Å². The summed E-state index contributed by atoms with van der Waals surface area (Å²) in [6.07, 6.45) is 7.37. The molecule has 4 heteroatoms. The summed E-state index contributed by atoms with van der Waals surface area (Å²) < 4.78 is 31.7. The van der Waals surface area contributed by atoms with E-state index < -0.39 is 10.8 Å². The van der Waals surface area contributed by atoms with Crippen LogP contribution in [0.5, 0.6) is 5.75 Å². The van der Waals surface area contributed by atoms with Crippen LogP contribution in [0.3, 0.4) is 0 Å². The second-order valence-electron chi connectivity index (χ2n) is 6.36. The zero-order valence-corrected chi connectivity index (χ0v) is 12.7. The van der Waals surface area contributed by atoms with Crippen molar-refractivity contribution in [3.8, 4) is 5.75 Å². The van der Waals surface area contributed by atoms with E-state index in [0.29, 0.717) is 5.92 Å². The molecule has 1 saturated heterocycles. The number of ether oxygens (including phenoxy) is 1. The third-order valence-corrected chi connectivity index (χ3v) is 6.72. The van der Waals surface area contributed by atoms with Crippen molar-refractivity contribution in [3.05, 3.63) is 35.7 Å². The van der Waals surface area contributed by atoms with Crippen LogP contribution >= 0.6 is 0 Å². The molecule has 0 radical (unpaired) electrons. The molecule has 2 nitrogen and oxygen atoms in total. The van der Waals surface area contributed by atoms with E-state index in [1.165, 1.54) is 18.9 Å². The second-order valence-corrected chi connectivity index (χ2v) is 8.29. The highest BCUT2D eigenvalue weighted by Crippen LogP contribution is 2.41. The van der Waals surface area contributed by atoms with Crippen LogP contribution in [-0.4, -0.2) is 21.3 Å². The van der Waals surface area contributed by atoms with E-state index in [9.17, 15) is 8.60 Å². The lowest BCUT2D eigenvalue weighted by molar-refractivity contribution is 0.298. The SMILES string of the molecule is O=S1C2C=C(c3cc(F)ccc3OCC3CC3)CC1CC2. The summed E-state index contributed by atoms with van der Waals surface area (Å²) in [6.45, 7) is 0.727. The average molecular weight is 306 g/mol. The van der Waals surface area contributed by atoms with Gasteiger partial charge in [-0.25, -0.2) is 4.39 Å². The number of halogens is 1. The van der Waals surface area contributed by atoms with Gasteiger partial charge in [-0.15, -0.1) is 0 Å². The smallest absolute Gasteiger partial charge is 0.126 e. The molecular weight excluding hydrogens is 287 g/mol. The number of hydrogen-bond acceptors (Lipinski definition) is 2. The van der Waals surface area contributed by atoms with Crippen LogP contribution < -0.4 is 4.74 Å². The minimum atomic E-state index is -0.737. The monoisotopic (exact) mass is 306 g/mol. The van der Waals surface area contributed by atoms with E-state index in [4.69, 9.17) is 4.74 Å². The standard InChI is InChI=1S/C17H19FO2S/c18-13-3-6-17(20-10-11-1-2-11)16(9-13)12-7-14-4-5-15(8-12)21(14)19/h3,6-7,9,11,14-15H,1-2,4-5,8,10H2. The van der Waals surface area contributed by atoms with Gasteiger partial charge in [0, 0.05) is 21.6 Å². The third-order valence-electron chi connectivity index (χ3n) is 4.69. The van der Waals surface area contributed by atoms with Crippen LogP contribution in [-0.2, 0) is 10.8 Å². The molecule has 3 unspecified atom stereocenters. The molecule has 0 amide bonds. The van der Waals surface area contributed by atoms with Gasteiger partial charge in [0.25, 0.3) is 0 Å². The number of allylic oxidation sites excluding steroid dienone is 1. The average Bonchev–Trinajstić information content (AvgIpc) is 3.27. The molecule has 1 aromatic carbocycles. The fraction of sp³-hybridized carbons (Fsp3) is 0.529. The highest BCUT2D eigenvalue weighted by Gasteiger charge is 2.37. The number of hydrogen-bond donors (Lipinski definition) is 0. The third kappa shape index (κ3) is 2.66. The molecule has 0 N–H and O–H groups in total. The van der Waals surface area contributed by atoms with Gasteiger partial charge in [0.1, 0.15) is 11.6 Å². The van der Waals surface area contributed by atoms with Crippen LogP contribution in [0.2, 0.25) is 0 Å². The minimum absolute atomic E-state index is 0.151. The Hall–Kier alpha value is -1.16. The summed E-state index contributed by atoms with van der Waals surface area (Å²) in [7, 11) is -0.737. The lowest BCUT2D eigenvalue weighted by Crippen LogP contribution is -2.20. The predicted molar refractivity (Wildman–Crippen MR) is 82.2 cm³/mol. The van der Waals surface area contributed by atoms with Crippen LogP contribution in [0.1, 0.15) is 37.7 Å². The van der Waals surface area contributed by atoms with Gasteiger partial charge >= 0.3 is 0 Å². The highest BCUT2D eigenvalue weighted by molar-refractivity contribution is 7.86. The van der Waals surface area contributed by atoms with Crippen molar-refractivity contribution < 1.29 is 13.3 Å². The molecule has 1 saturated carbocycles. The molecule has 3 aliphatic rings. The first-order valence-electron chi connectivity index (χ1n) is 7.73. The van der Waals surface area contributed by atoms with Crippen LogP contribution in [0.4, 0.5) is 4.39 Å². The summed E-state index contributed by atoms with van der Waals surface area (Å²) in [6, 6.07) is 4.77. The molecule has 0 aromatic heterocycles. The molecule has 21 heavy (non-hydrogen) atoms. The highest BCUT2D eigenvalue weighted by atomic mass is 32.2. The first kappa shape index (κ1) is 13.5. The maximum atomic E-state index is 13.7. The van der Waals surface area contributed by atoms with Gasteiger partial charge in [-0.1, -0.05) is 6.08 Å². The summed E-state index contributed by atoms with van der Waals surface area (Å²) in [5.41, 5.74) is 1.98. The van der Waals surface area contributed by atoms with Gasteiger partial charge in [-0.05, 0) is 61.8 Å². The largest absolute Gasteiger partial charge is 0.493 e. The van der Waals surface area contributed by atoms with Crippen molar-refractivity contribution in [2.45, 2.75) is 42.6 Å². The second kappa shape index (κ2) is 5.24. The molecular formula is C17H19FO2S. The van der Waals surface area contributed by atoms with E-state index in [2.05, 4.69) is 6.08 Å². The molecule has 2 bridgehead atoms. The Labute approximate surface area is 126 Å². The molecule has 1 aromatic rings. The molecule has 3 atom stereocenters. The van der Waals surface area contributed by atoms with Gasteiger partial charge in [0.05, 0.1) is 11.9 Å². The lowest BCUT2D eigenvalue weighted by atomic mass is 9.99. The van der Waals surface area contributed by atoms with Crippen molar-refractivity contribution in [1.29, 1.82) is 0 Å². The first-order valence-corrected chi connectivity index (χ1v) is 9.01. The molecule has 2 heterocycles. The summed E-state index contributed by atoms with van der Waals surface area (Å²) in [5, 5.41) is 0.396. The number of fused-ring (bicyclic) bond motifs is 2. The fourth-order valence-electron chi connectivity index (χ4n) is 3.27. The van der Waals surface area contributed by atoms with Gasteiger partial charge < -0.3 is 4.74 Å². The zero-order valence-electron chi connectivity index (χ0n) is 11.9. The normalized spacial score (nSPS) is 31.1. The van der Waals surface area contributed by atoms with Crippen molar-refractivity contribution in [3.63, 3.8) is 0 Å². The van der Waals surface area contributed by atoms with Gasteiger partial charge in [0.2, 0.25) is 0 Å². The Kier molecular flexibility index (Phi) is 3.37. The Morgan fingerprint density at radius 1 is 1.24 bits per heavy atom. The van der Waals surface area contributed by atoms with Gasteiger partial charge in [-0.3, -0.25) is 4.21 Å². The number of benzene rings is 1. The van der Waals surface area contributed by atoms with Gasteiger partial charge in [0.15, 0.2) is 0 Å². The van der Waals surface area contributed by atoms with Crippen molar-refractivity contribution in [2.24, 2.45) is 5.92 Å². The Bertz CT molecular complexity index is 621. The van der Waals surface area contributed by atoms with Crippen molar-refractivity contribution >= 4 is 16.4 Å². The molecule has 2 fully saturated rings. The Morgan fingerprint density at radius 2 is 2.10 bits per heavy atom. The molecule has 4 rings (SSSR count). The van der Waals surface area contributed by atoms with E-state index in [1.54, 1.807) is 12.1 Å². The van der Waals surface area contributed by atoms with Crippen molar-refractivity contribution in [1.82, 2.24) is 0 Å². The number of rotatable bonds is 4. The van der Waals surface area contributed by atoms with Crippen LogP contribution in [0.15, 0.2) is 24.3 Å². The fourth-order valence-corrected chi connectivity index (χ4v) is 5.15. The minimum Gasteiger partial charge on any atom is -0.493 e. The predicted octanol–water partition coefficient (Wildman–Crippen LogP) is 3.68. The summed E-state index contributed by atoms with van der Waals surface area (Å²) in [4.78, 5) is 0. The zero-order chi connectivity index (χ0) is 14.4. The van der Waals surface area contributed by atoms with E-state index in [0.717, 1.165) is 42.8 Å². The Morgan fingerprint density at radius 3 is 2.86 bits per heavy atom. The molecule has 0 spiro atoms. The summed E-state index contributed by atoms with van der Waals surface area (Å²) >= 11 is 0. The quantitative estimate of drug-likeness (QED) is 0.848. The van der Waals surface area contributed by atoms with E-state index in [1.807, 2.05) is 0 Å². The Balaban J connectivity index is 1.65. The van der Waals surface area contributed by atoms with E-state index in [-0.39, 0.29) is 16.3 Å². The summed E-state index contributed by atoms with van der Waals surface area (Å²) in [5.74, 6) is 1.22. The van der Waals surface area contributed by atoms with Gasteiger partial charge in [-0.2, -0.15) is 0 Å². The molecule has 1 aliphatic carbocycles. The maximum Gasteiger partial charge on any atom is 0.126 e.